The van der Waals surface area contributed by atoms with Crippen molar-refractivity contribution in [3.8, 4) is 0 Å². The van der Waals surface area contributed by atoms with Gasteiger partial charge in [0.05, 0.1) is 0 Å². The highest BCUT2D eigenvalue weighted by Gasteiger charge is 2.37. The van der Waals surface area contributed by atoms with Crippen molar-refractivity contribution in [3.05, 3.63) is 29.8 Å². The maximum Gasteiger partial charge on any atom is 0.247 e. The average Bonchev–Trinajstić information content (AvgIpc) is 2.53. The molecule has 0 unspecified atom stereocenters. The fourth-order valence-electron chi connectivity index (χ4n) is 2.68. The fourth-order valence-corrected chi connectivity index (χ4v) is 2.68. The monoisotopic (exact) mass is 290 g/mol. The molecule has 0 N–H and O–H groups in total. The van der Waals surface area contributed by atoms with Gasteiger partial charge in [-0.3, -0.25) is 4.79 Å². The van der Waals surface area contributed by atoms with Gasteiger partial charge in [-0.05, 0) is 45.2 Å². The molecule has 2 rings (SSSR count). The number of hydrogen-bond acceptors (Lipinski definition) is 2. The number of carbonyl (C=O) groups is 1. The van der Waals surface area contributed by atoms with E-state index >= 15 is 0 Å². The molecule has 0 fully saturated rings. The summed E-state index contributed by atoms with van der Waals surface area (Å²) in [6, 6.07) is 8.67. The van der Waals surface area contributed by atoms with E-state index in [4.69, 9.17) is 0 Å². The Morgan fingerprint density at radius 3 is 2.33 bits per heavy atom. The Hall–Kier alpha value is -1.51. The Morgan fingerprint density at radius 1 is 1.14 bits per heavy atom. The molecule has 1 aliphatic rings. The largest absolute Gasteiger partial charge is 0.360 e. The van der Waals surface area contributed by atoms with Gasteiger partial charge < -0.3 is 9.80 Å². The third-order valence-corrected chi connectivity index (χ3v) is 4.53. The first kappa shape index (κ1) is 17.5. The summed E-state index contributed by atoms with van der Waals surface area (Å²) in [7, 11) is 3.93. The standard InChI is InChI=1S/C16H24N2O.C2H6/c1-12-10-11-13-8-6-7-9-14(13)18(5)16(2,3)15(19)17(12)4;1-2/h6-9,12H,10-11H2,1-5H3;1-2H3/t12-;/m1./s1. The van der Waals surface area contributed by atoms with Gasteiger partial charge in [0.15, 0.2) is 0 Å². The number of carbonyl (C=O) groups excluding carboxylic acids is 1. The molecule has 21 heavy (non-hydrogen) atoms. The van der Waals surface area contributed by atoms with E-state index in [1.807, 2.05) is 52.8 Å². The molecule has 0 aromatic heterocycles. The minimum atomic E-state index is -0.524. The highest BCUT2D eigenvalue weighted by atomic mass is 16.2. The van der Waals surface area contributed by atoms with Gasteiger partial charge in [-0.2, -0.15) is 0 Å². The predicted molar refractivity (Wildman–Crippen MR) is 90.8 cm³/mol. The number of hydrogen-bond donors (Lipinski definition) is 0. The predicted octanol–water partition coefficient (Wildman–Crippen LogP) is 3.72. The van der Waals surface area contributed by atoms with Crippen molar-refractivity contribution in [1.29, 1.82) is 0 Å². The summed E-state index contributed by atoms with van der Waals surface area (Å²) in [6.45, 7) is 10.1. The SMILES string of the molecule is CC.C[C@@H]1CCc2ccccc2N(C)C(C)(C)C(=O)N1C. The van der Waals surface area contributed by atoms with Gasteiger partial charge in [-0.1, -0.05) is 32.0 Å². The Bertz CT molecular complexity index is 482. The summed E-state index contributed by atoms with van der Waals surface area (Å²) in [5.41, 5.74) is 1.97. The molecule has 1 heterocycles. The number of rotatable bonds is 0. The lowest BCUT2D eigenvalue weighted by atomic mass is 9.99. The van der Waals surface area contributed by atoms with Crippen molar-refractivity contribution in [2.24, 2.45) is 0 Å². The molecule has 1 aromatic carbocycles. The number of fused-ring (bicyclic) bond motifs is 1. The molecule has 1 amide bonds. The fraction of sp³-hybridized carbons (Fsp3) is 0.611. The summed E-state index contributed by atoms with van der Waals surface area (Å²) in [4.78, 5) is 16.7. The van der Waals surface area contributed by atoms with E-state index in [0.29, 0.717) is 0 Å². The molecular formula is C18H30N2O. The van der Waals surface area contributed by atoms with Crippen LogP contribution in [0.5, 0.6) is 0 Å². The Morgan fingerprint density at radius 2 is 1.71 bits per heavy atom. The van der Waals surface area contributed by atoms with Crippen LogP contribution in [0.1, 0.15) is 46.6 Å². The highest BCUT2D eigenvalue weighted by molar-refractivity contribution is 5.89. The van der Waals surface area contributed by atoms with Gasteiger partial charge in [0.25, 0.3) is 0 Å². The maximum absolute atomic E-state index is 12.7. The summed E-state index contributed by atoms with van der Waals surface area (Å²) in [6.07, 6.45) is 2.01. The topological polar surface area (TPSA) is 23.6 Å². The highest BCUT2D eigenvalue weighted by Crippen LogP contribution is 2.30. The van der Waals surface area contributed by atoms with Crippen LogP contribution < -0.4 is 4.90 Å². The van der Waals surface area contributed by atoms with Crippen LogP contribution in [0, 0.1) is 0 Å². The van der Waals surface area contributed by atoms with Crippen molar-refractivity contribution < 1.29 is 4.79 Å². The van der Waals surface area contributed by atoms with Crippen LogP contribution in [0.4, 0.5) is 5.69 Å². The molecule has 0 saturated carbocycles. The summed E-state index contributed by atoms with van der Waals surface area (Å²) in [5, 5.41) is 0. The van der Waals surface area contributed by atoms with E-state index in [2.05, 4.69) is 30.0 Å². The van der Waals surface area contributed by atoms with Gasteiger partial charge in [0, 0.05) is 25.8 Å². The summed E-state index contributed by atoms with van der Waals surface area (Å²) < 4.78 is 0. The van der Waals surface area contributed by atoms with Gasteiger partial charge in [0.2, 0.25) is 5.91 Å². The van der Waals surface area contributed by atoms with Crippen molar-refractivity contribution in [1.82, 2.24) is 4.90 Å². The lowest BCUT2D eigenvalue weighted by Gasteiger charge is -2.39. The molecule has 0 bridgehead atoms. The summed E-state index contributed by atoms with van der Waals surface area (Å²) >= 11 is 0. The van der Waals surface area contributed by atoms with Gasteiger partial charge in [-0.25, -0.2) is 0 Å². The maximum atomic E-state index is 12.7. The van der Waals surface area contributed by atoms with Gasteiger partial charge >= 0.3 is 0 Å². The van der Waals surface area contributed by atoms with E-state index in [1.54, 1.807) is 0 Å². The van der Waals surface area contributed by atoms with E-state index in [0.717, 1.165) is 12.8 Å². The first-order chi connectivity index (χ1) is 9.85. The number of nitrogens with zero attached hydrogens (tertiary/aromatic N) is 2. The Balaban J connectivity index is 0.00000106. The molecule has 3 heteroatoms. The third-order valence-electron chi connectivity index (χ3n) is 4.53. The summed E-state index contributed by atoms with van der Waals surface area (Å²) in [5.74, 6) is 0.180. The zero-order valence-electron chi connectivity index (χ0n) is 14.6. The molecule has 1 aliphatic heterocycles. The number of anilines is 1. The molecule has 118 valence electrons. The number of benzene rings is 1. The van der Waals surface area contributed by atoms with Crippen LogP contribution >= 0.6 is 0 Å². The van der Waals surface area contributed by atoms with Crippen molar-refractivity contribution in [2.45, 2.75) is 59.0 Å². The van der Waals surface area contributed by atoms with E-state index < -0.39 is 5.54 Å². The van der Waals surface area contributed by atoms with Crippen LogP contribution in [0.2, 0.25) is 0 Å². The van der Waals surface area contributed by atoms with E-state index in [1.165, 1.54) is 11.3 Å². The van der Waals surface area contributed by atoms with Crippen LogP contribution in [0.25, 0.3) is 0 Å². The quantitative estimate of drug-likeness (QED) is 0.727. The second-order valence-corrected chi connectivity index (χ2v) is 6.05. The Kier molecular flexibility index (Phi) is 5.82. The molecule has 0 saturated heterocycles. The first-order valence-corrected chi connectivity index (χ1v) is 7.94. The van der Waals surface area contributed by atoms with Gasteiger partial charge in [-0.15, -0.1) is 0 Å². The molecule has 0 spiro atoms. The van der Waals surface area contributed by atoms with E-state index in [9.17, 15) is 4.79 Å². The normalized spacial score (nSPS) is 21.5. The van der Waals surface area contributed by atoms with Crippen molar-refractivity contribution in [3.63, 3.8) is 0 Å². The number of para-hydroxylation sites is 1. The molecule has 0 aliphatic carbocycles. The van der Waals surface area contributed by atoms with Crippen LogP contribution in [-0.4, -0.2) is 36.5 Å². The second-order valence-electron chi connectivity index (χ2n) is 6.05. The molecule has 1 atom stereocenters. The number of amides is 1. The number of aryl methyl sites for hydroxylation is 1. The van der Waals surface area contributed by atoms with Crippen LogP contribution in [-0.2, 0) is 11.2 Å². The smallest absolute Gasteiger partial charge is 0.247 e. The van der Waals surface area contributed by atoms with Gasteiger partial charge in [0.1, 0.15) is 5.54 Å². The minimum absolute atomic E-state index is 0.180. The lowest BCUT2D eigenvalue weighted by Crippen LogP contribution is -2.55. The molecule has 1 aromatic rings. The molecular weight excluding hydrogens is 260 g/mol. The molecule has 3 nitrogen and oxygen atoms in total. The number of likely N-dealkylation sites (N-methyl/N-ethyl adjacent to an activating group) is 2. The van der Waals surface area contributed by atoms with Crippen molar-refractivity contribution >= 4 is 11.6 Å². The minimum Gasteiger partial charge on any atom is -0.360 e. The lowest BCUT2D eigenvalue weighted by molar-refractivity contribution is -0.136. The van der Waals surface area contributed by atoms with Crippen LogP contribution in [0.15, 0.2) is 24.3 Å². The molecule has 0 radical (unpaired) electrons. The van der Waals surface area contributed by atoms with Crippen molar-refractivity contribution in [2.75, 3.05) is 19.0 Å². The van der Waals surface area contributed by atoms with E-state index in [-0.39, 0.29) is 11.9 Å². The first-order valence-electron chi connectivity index (χ1n) is 7.94. The van der Waals surface area contributed by atoms with Crippen LogP contribution in [0.3, 0.4) is 0 Å². The zero-order chi connectivity index (χ0) is 16.2. The second kappa shape index (κ2) is 6.97. The average molecular weight is 290 g/mol. The zero-order valence-corrected chi connectivity index (χ0v) is 14.6. The third kappa shape index (κ3) is 3.39. The Labute approximate surface area is 129 Å².